The zero-order valence-electron chi connectivity index (χ0n) is 22.0. The van der Waals surface area contributed by atoms with E-state index in [1.54, 1.807) is 23.2 Å². The number of morpholine rings is 1. The molecule has 0 radical (unpaired) electrons. The average Bonchev–Trinajstić information content (AvgIpc) is 2.99. The van der Waals surface area contributed by atoms with Crippen LogP contribution in [0, 0.1) is 0 Å². The van der Waals surface area contributed by atoms with E-state index in [2.05, 4.69) is 31.2 Å². The van der Waals surface area contributed by atoms with E-state index < -0.39 is 6.09 Å². The van der Waals surface area contributed by atoms with Crippen LogP contribution in [0.5, 0.6) is 5.75 Å². The quantitative estimate of drug-likeness (QED) is 0.475. The molecule has 0 bridgehead atoms. The first-order valence-corrected chi connectivity index (χ1v) is 13.4. The van der Waals surface area contributed by atoms with Crippen molar-refractivity contribution in [2.75, 3.05) is 64.3 Å². The van der Waals surface area contributed by atoms with Crippen molar-refractivity contribution < 1.29 is 19.1 Å². The fourth-order valence-corrected chi connectivity index (χ4v) is 4.63. The largest absolute Gasteiger partial charge is 0.415 e. The van der Waals surface area contributed by atoms with Crippen molar-refractivity contribution in [2.24, 2.45) is 0 Å². The van der Waals surface area contributed by atoms with Crippen molar-refractivity contribution in [1.29, 1.82) is 0 Å². The molecular weight excluding hydrogens is 496 g/mol. The summed E-state index contributed by atoms with van der Waals surface area (Å²) in [7, 11) is 0. The molecule has 3 aromatic rings. The maximum atomic E-state index is 12.7. The average molecular weight is 531 g/mol. The van der Waals surface area contributed by atoms with Crippen LogP contribution in [0.3, 0.4) is 0 Å². The normalized spacial score (nSPS) is 16.6. The Morgan fingerprint density at radius 2 is 1.67 bits per heavy atom. The Kier molecular flexibility index (Phi) is 9.10. The lowest BCUT2D eigenvalue weighted by molar-refractivity contribution is 0.0342. The lowest BCUT2D eigenvalue weighted by Crippen LogP contribution is -2.49. The first-order valence-electron chi connectivity index (χ1n) is 13.4. The summed E-state index contributed by atoms with van der Waals surface area (Å²) in [6.07, 6.45) is 5.66. The lowest BCUT2D eigenvalue weighted by atomic mass is 10.1. The highest BCUT2D eigenvalue weighted by atomic mass is 16.6. The summed E-state index contributed by atoms with van der Waals surface area (Å²) < 4.78 is 10.9. The van der Waals surface area contributed by atoms with Crippen molar-refractivity contribution >= 4 is 17.8 Å². The van der Waals surface area contributed by atoms with Crippen LogP contribution < -0.4 is 10.1 Å². The Morgan fingerprint density at radius 3 is 2.36 bits per heavy atom. The van der Waals surface area contributed by atoms with E-state index in [-0.39, 0.29) is 5.91 Å². The van der Waals surface area contributed by atoms with E-state index in [0.717, 1.165) is 64.5 Å². The van der Waals surface area contributed by atoms with Crippen LogP contribution in [-0.2, 0) is 17.7 Å². The summed E-state index contributed by atoms with van der Waals surface area (Å²) in [5, 5.41) is 2.79. The van der Waals surface area contributed by atoms with E-state index in [1.165, 1.54) is 11.8 Å². The molecule has 5 rings (SSSR count). The molecule has 10 nitrogen and oxygen atoms in total. The SMILES string of the molecule is O=C(Nc1ccc(OC(=O)N2CCN(CCc3cccnc3)CC2)cn1)c1ccc(CN2CCOCC2)cc1. The molecule has 2 amide bonds. The fourth-order valence-electron chi connectivity index (χ4n) is 4.63. The van der Waals surface area contributed by atoms with E-state index in [0.29, 0.717) is 30.2 Å². The Morgan fingerprint density at radius 1 is 0.872 bits per heavy atom. The molecule has 1 N–H and O–H groups in total. The van der Waals surface area contributed by atoms with E-state index in [1.807, 2.05) is 36.5 Å². The number of nitrogens with zero attached hydrogens (tertiary/aromatic N) is 5. The number of carbonyl (C=O) groups excluding carboxylic acids is 2. The van der Waals surface area contributed by atoms with Crippen LogP contribution in [0.15, 0.2) is 67.1 Å². The number of benzene rings is 1. The molecule has 10 heteroatoms. The summed E-state index contributed by atoms with van der Waals surface area (Å²) in [5.74, 6) is 0.482. The molecule has 0 saturated carbocycles. The van der Waals surface area contributed by atoms with Crippen molar-refractivity contribution in [3.8, 4) is 5.75 Å². The molecular formula is C29H34N6O4. The van der Waals surface area contributed by atoms with Gasteiger partial charge in [0.1, 0.15) is 5.82 Å². The summed E-state index contributed by atoms with van der Waals surface area (Å²) in [6, 6.07) is 14.9. The minimum Gasteiger partial charge on any atom is -0.409 e. The predicted molar refractivity (Wildman–Crippen MR) is 147 cm³/mol. The van der Waals surface area contributed by atoms with Crippen LogP contribution >= 0.6 is 0 Å². The van der Waals surface area contributed by atoms with Gasteiger partial charge in [-0.3, -0.25) is 19.6 Å². The number of pyridine rings is 2. The number of anilines is 1. The van der Waals surface area contributed by atoms with Crippen molar-refractivity contribution in [2.45, 2.75) is 13.0 Å². The molecule has 0 atom stereocenters. The Balaban J connectivity index is 1.04. The standard InChI is InChI=1S/C29H34N6O4/c36-28(25-5-3-24(4-6-25)22-34-16-18-38-19-17-34)32-27-8-7-26(21-31-27)39-29(37)35-14-12-33(13-15-35)11-9-23-2-1-10-30-20-23/h1-8,10,20-21H,9,11-19,22H2,(H,31,32,36). The third-order valence-electron chi connectivity index (χ3n) is 6.98. The molecule has 2 aromatic heterocycles. The van der Waals surface area contributed by atoms with Gasteiger partial charge in [-0.1, -0.05) is 18.2 Å². The number of amides is 2. The summed E-state index contributed by atoms with van der Waals surface area (Å²) in [6.45, 7) is 7.95. The van der Waals surface area contributed by atoms with Gasteiger partial charge in [0.2, 0.25) is 0 Å². The van der Waals surface area contributed by atoms with Crippen LogP contribution in [0.4, 0.5) is 10.6 Å². The van der Waals surface area contributed by atoms with Gasteiger partial charge in [0, 0.05) is 70.3 Å². The van der Waals surface area contributed by atoms with Crippen molar-refractivity contribution in [3.05, 3.63) is 83.8 Å². The first kappa shape index (κ1) is 26.7. The van der Waals surface area contributed by atoms with Crippen molar-refractivity contribution in [1.82, 2.24) is 24.7 Å². The van der Waals surface area contributed by atoms with E-state index in [9.17, 15) is 9.59 Å². The number of piperazine rings is 1. The van der Waals surface area contributed by atoms with Gasteiger partial charge < -0.3 is 19.7 Å². The van der Waals surface area contributed by atoms with Crippen molar-refractivity contribution in [3.63, 3.8) is 0 Å². The molecule has 1 aromatic carbocycles. The van der Waals surface area contributed by atoms with Crippen LogP contribution in [0.2, 0.25) is 0 Å². The second kappa shape index (κ2) is 13.3. The highest BCUT2D eigenvalue weighted by molar-refractivity contribution is 6.03. The third-order valence-corrected chi connectivity index (χ3v) is 6.98. The molecule has 2 fully saturated rings. The second-order valence-corrected chi connectivity index (χ2v) is 9.73. The molecule has 0 spiro atoms. The number of rotatable bonds is 8. The number of hydrogen-bond donors (Lipinski definition) is 1. The van der Waals surface area contributed by atoms with Gasteiger partial charge in [-0.2, -0.15) is 0 Å². The minimum atomic E-state index is -0.391. The van der Waals surface area contributed by atoms with Gasteiger partial charge >= 0.3 is 6.09 Å². The Labute approximate surface area is 228 Å². The van der Waals surface area contributed by atoms with Gasteiger partial charge in [-0.15, -0.1) is 0 Å². The van der Waals surface area contributed by atoms with Gasteiger partial charge in [0.05, 0.1) is 19.4 Å². The van der Waals surface area contributed by atoms with E-state index in [4.69, 9.17) is 9.47 Å². The van der Waals surface area contributed by atoms with Crippen LogP contribution in [0.1, 0.15) is 21.5 Å². The van der Waals surface area contributed by atoms with Gasteiger partial charge in [-0.25, -0.2) is 9.78 Å². The number of ether oxygens (including phenoxy) is 2. The number of carbonyl (C=O) groups is 2. The first-order chi connectivity index (χ1) is 19.1. The maximum absolute atomic E-state index is 12.7. The smallest absolute Gasteiger partial charge is 0.409 e. The van der Waals surface area contributed by atoms with Crippen LogP contribution in [0.25, 0.3) is 0 Å². The van der Waals surface area contributed by atoms with Crippen LogP contribution in [-0.4, -0.2) is 95.7 Å². The molecule has 39 heavy (non-hydrogen) atoms. The maximum Gasteiger partial charge on any atom is 0.415 e. The van der Waals surface area contributed by atoms with Gasteiger partial charge in [0.15, 0.2) is 5.75 Å². The van der Waals surface area contributed by atoms with Gasteiger partial charge in [-0.05, 0) is 47.9 Å². The molecule has 204 valence electrons. The number of hydrogen-bond acceptors (Lipinski definition) is 8. The summed E-state index contributed by atoms with van der Waals surface area (Å²) in [4.78, 5) is 40.1. The molecule has 0 unspecified atom stereocenters. The number of aromatic nitrogens is 2. The summed E-state index contributed by atoms with van der Waals surface area (Å²) >= 11 is 0. The fraction of sp³-hybridized carbons (Fsp3) is 0.379. The molecule has 2 aliphatic rings. The highest BCUT2D eigenvalue weighted by Gasteiger charge is 2.22. The Bertz CT molecular complexity index is 1210. The highest BCUT2D eigenvalue weighted by Crippen LogP contribution is 2.16. The molecule has 2 saturated heterocycles. The summed E-state index contributed by atoms with van der Waals surface area (Å²) in [5.41, 5.74) is 2.92. The predicted octanol–water partition coefficient (Wildman–Crippen LogP) is 2.92. The second-order valence-electron chi connectivity index (χ2n) is 9.73. The zero-order valence-corrected chi connectivity index (χ0v) is 22.0. The monoisotopic (exact) mass is 530 g/mol. The number of nitrogens with one attached hydrogen (secondary N) is 1. The topological polar surface area (TPSA) is 100 Å². The third kappa shape index (κ3) is 7.82. The zero-order chi connectivity index (χ0) is 26.9. The Hall–Kier alpha value is -3.86. The van der Waals surface area contributed by atoms with E-state index >= 15 is 0 Å². The molecule has 4 heterocycles. The minimum absolute atomic E-state index is 0.244. The molecule has 0 aliphatic carbocycles. The lowest BCUT2D eigenvalue weighted by Gasteiger charge is -2.33. The molecule has 2 aliphatic heterocycles. The van der Waals surface area contributed by atoms with Gasteiger partial charge in [0.25, 0.3) is 5.91 Å².